The summed E-state index contributed by atoms with van der Waals surface area (Å²) >= 11 is 0. The van der Waals surface area contributed by atoms with Crippen LogP contribution in [0.4, 0.5) is 5.82 Å². The van der Waals surface area contributed by atoms with E-state index in [9.17, 15) is 4.79 Å². The van der Waals surface area contributed by atoms with E-state index in [4.69, 9.17) is 0 Å². The molecular weight excluding hydrogens is 288 g/mol. The Hall–Kier alpha value is -2.40. The zero-order valence-electron chi connectivity index (χ0n) is 14.0. The van der Waals surface area contributed by atoms with Crippen LogP contribution in [0.5, 0.6) is 0 Å². The molecule has 23 heavy (non-hydrogen) atoms. The second-order valence-corrected chi connectivity index (χ2v) is 5.83. The van der Waals surface area contributed by atoms with Crippen LogP contribution >= 0.6 is 0 Å². The van der Waals surface area contributed by atoms with Crippen molar-refractivity contribution in [3.63, 3.8) is 0 Å². The minimum atomic E-state index is -0.112. The highest BCUT2D eigenvalue weighted by atomic mass is 16.1. The van der Waals surface area contributed by atoms with Crippen LogP contribution in [0.25, 0.3) is 0 Å². The van der Waals surface area contributed by atoms with Crippen molar-refractivity contribution in [2.45, 2.75) is 13.5 Å². The standard InChI is InChI=1S/C18H24N4O/c1-14-5-4-6-15(11-14)12-21-18(23)16-7-8-17(20-13-16)19-9-10-22(2)3/h4-8,11,13H,9-10,12H2,1-3H3,(H,19,20)(H,21,23). The van der Waals surface area contributed by atoms with Crippen molar-refractivity contribution < 1.29 is 4.79 Å². The minimum Gasteiger partial charge on any atom is -0.369 e. The van der Waals surface area contributed by atoms with E-state index in [1.54, 1.807) is 12.3 Å². The molecule has 1 aromatic carbocycles. The van der Waals surface area contributed by atoms with Gasteiger partial charge in [-0.1, -0.05) is 29.8 Å². The molecule has 1 amide bonds. The lowest BCUT2D eigenvalue weighted by Gasteiger charge is -2.11. The predicted octanol–water partition coefficient (Wildman–Crippen LogP) is 2.29. The van der Waals surface area contributed by atoms with Crippen molar-refractivity contribution in [1.82, 2.24) is 15.2 Å². The van der Waals surface area contributed by atoms with Crippen LogP contribution in [-0.4, -0.2) is 43.0 Å². The molecule has 0 atom stereocenters. The molecule has 2 N–H and O–H groups in total. The molecule has 122 valence electrons. The Balaban J connectivity index is 1.85. The lowest BCUT2D eigenvalue weighted by Crippen LogP contribution is -2.23. The molecule has 0 bridgehead atoms. The molecule has 5 heteroatoms. The highest BCUT2D eigenvalue weighted by molar-refractivity contribution is 5.94. The molecule has 2 rings (SSSR count). The van der Waals surface area contributed by atoms with Crippen LogP contribution < -0.4 is 10.6 Å². The molecule has 1 heterocycles. The molecule has 0 radical (unpaired) electrons. The second-order valence-electron chi connectivity index (χ2n) is 5.83. The van der Waals surface area contributed by atoms with Gasteiger partial charge in [0.1, 0.15) is 5.82 Å². The zero-order chi connectivity index (χ0) is 16.7. The molecule has 0 aliphatic rings. The smallest absolute Gasteiger partial charge is 0.253 e. The van der Waals surface area contributed by atoms with Crippen LogP contribution in [0.2, 0.25) is 0 Å². The Morgan fingerprint density at radius 1 is 1.22 bits per heavy atom. The Bertz CT molecular complexity index is 638. The van der Waals surface area contributed by atoms with E-state index in [1.807, 2.05) is 45.3 Å². The van der Waals surface area contributed by atoms with Gasteiger partial charge in [0.25, 0.3) is 5.91 Å². The predicted molar refractivity (Wildman–Crippen MR) is 93.6 cm³/mol. The number of rotatable bonds is 7. The van der Waals surface area contributed by atoms with Gasteiger partial charge < -0.3 is 15.5 Å². The SMILES string of the molecule is Cc1cccc(CNC(=O)c2ccc(NCCN(C)C)nc2)c1. The number of nitrogens with one attached hydrogen (secondary N) is 2. The van der Waals surface area contributed by atoms with Gasteiger partial charge >= 0.3 is 0 Å². The van der Waals surface area contributed by atoms with Crippen molar-refractivity contribution in [3.05, 3.63) is 59.3 Å². The van der Waals surface area contributed by atoms with Crippen LogP contribution in [0.3, 0.4) is 0 Å². The fourth-order valence-electron chi connectivity index (χ4n) is 2.15. The van der Waals surface area contributed by atoms with E-state index in [0.717, 1.165) is 24.5 Å². The summed E-state index contributed by atoms with van der Waals surface area (Å²) < 4.78 is 0. The third-order valence-corrected chi connectivity index (χ3v) is 3.43. The lowest BCUT2D eigenvalue weighted by molar-refractivity contribution is 0.0950. The topological polar surface area (TPSA) is 57.3 Å². The van der Waals surface area contributed by atoms with Crippen molar-refractivity contribution in [1.29, 1.82) is 0 Å². The Morgan fingerprint density at radius 2 is 2.04 bits per heavy atom. The van der Waals surface area contributed by atoms with E-state index in [0.29, 0.717) is 12.1 Å². The number of amides is 1. The first-order valence-corrected chi connectivity index (χ1v) is 7.73. The first-order valence-electron chi connectivity index (χ1n) is 7.73. The number of aromatic nitrogens is 1. The van der Waals surface area contributed by atoms with Gasteiger partial charge in [0.2, 0.25) is 0 Å². The number of aryl methyl sites for hydroxylation is 1. The fraction of sp³-hybridized carbons (Fsp3) is 0.333. The summed E-state index contributed by atoms with van der Waals surface area (Å²) in [7, 11) is 4.05. The molecule has 5 nitrogen and oxygen atoms in total. The molecular formula is C18H24N4O. The van der Waals surface area contributed by atoms with Crippen LogP contribution in [-0.2, 0) is 6.54 Å². The maximum Gasteiger partial charge on any atom is 0.253 e. The normalized spacial score (nSPS) is 10.6. The fourth-order valence-corrected chi connectivity index (χ4v) is 2.15. The van der Waals surface area contributed by atoms with Gasteiger partial charge in [-0.2, -0.15) is 0 Å². The third-order valence-electron chi connectivity index (χ3n) is 3.43. The highest BCUT2D eigenvalue weighted by Crippen LogP contribution is 2.07. The first-order chi connectivity index (χ1) is 11.0. The van der Waals surface area contributed by atoms with Gasteiger partial charge in [0.05, 0.1) is 5.56 Å². The van der Waals surface area contributed by atoms with Crippen LogP contribution in [0.15, 0.2) is 42.6 Å². The number of carbonyl (C=O) groups excluding carboxylic acids is 1. The Kier molecular flexibility index (Phi) is 6.11. The highest BCUT2D eigenvalue weighted by Gasteiger charge is 2.06. The number of pyridine rings is 1. The summed E-state index contributed by atoms with van der Waals surface area (Å²) in [5.74, 6) is 0.668. The Labute approximate surface area is 137 Å². The molecule has 0 unspecified atom stereocenters. The summed E-state index contributed by atoms with van der Waals surface area (Å²) in [4.78, 5) is 18.5. The van der Waals surface area contributed by atoms with Crippen molar-refractivity contribution in [2.75, 3.05) is 32.5 Å². The molecule has 0 saturated carbocycles. The number of benzene rings is 1. The summed E-state index contributed by atoms with van der Waals surface area (Å²) in [6, 6.07) is 11.7. The van der Waals surface area contributed by atoms with Crippen molar-refractivity contribution in [2.24, 2.45) is 0 Å². The molecule has 0 aliphatic heterocycles. The third kappa shape index (κ3) is 5.71. The number of hydrogen-bond acceptors (Lipinski definition) is 4. The summed E-state index contributed by atoms with van der Waals surface area (Å²) in [6.07, 6.45) is 1.60. The molecule has 0 saturated heterocycles. The average Bonchev–Trinajstić information content (AvgIpc) is 2.53. The first kappa shape index (κ1) is 17.0. The van der Waals surface area contributed by atoms with E-state index in [-0.39, 0.29) is 5.91 Å². The average molecular weight is 312 g/mol. The van der Waals surface area contributed by atoms with E-state index in [1.165, 1.54) is 5.56 Å². The summed E-state index contributed by atoms with van der Waals surface area (Å²) in [5.41, 5.74) is 2.84. The Morgan fingerprint density at radius 3 is 2.70 bits per heavy atom. The number of carbonyl (C=O) groups is 1. The monoisotopic (exact) mass is 312 g/mol. The minimum absolute atomic E-state index is 0.112. The summed E-state index contributed by atoms with van der Waals surface area (Å²) in [6.45, 7) is 4.31. The number of anilines is 1. The maximum atomic E-state index is 12.1. The van der Waals surface area contributed by atoms with Crippen molar-refractivity contribution >= 4 is 11.7 Å². The second kappa shape index (κ2) is 8.29. The quantitative estimate of drug-likeness (QED) is 0.823. The molecule has 0 aliphatic carbocycles. The molecule has 0 fully saturated rings. The van der Waals surface area contributed by atoms with E-state index < -0.39 is 0 Å². The van der Waals surface area contributed by atoms with Crippen molar-refractivity contribution in [3.8, 4) is 0 Å². The maximum absolute atomic E-state index is 12.1. The number of likely N-dealkylation sites (N-methyl/N-ethyl adjacent to an activating group) is 1. The van der Waals surface area contributed by atoms with E-state index in [2.05, 4.69) is 26.6 Å². The zero-order valence-corrected chi connectivity index (χ0v) is 14.0. The molecule has 1 aromatic heterocycles. The lowest BCUT2D eigenvalue weighted by atomic mass is 10.1. The van der Waals surface area contributed by atoms with Gasteiger partial charge in [-0.05, 0) is 38.7 Å². The summed E-state index contributed by atoms with van der Waals surface area (Å²) in [5, 5.41) is 6.14. The molecule has 2 aromatic rings. The molecule has 0 spiro atoms. The largest absolute Gasteiger partial charge is 0.369 e. The van der Waals surface area contributed by atoms with Gasteiger partial charge in [0, 0.05) is 25.8 Å². The van der Waals surface area contributed by atoms with E-state index >= 15 is 0 Å². The van der Waals surface area contributed by atoms with Gasteiger partial charge in [-0.3, -0.25) is 4.79 Å². The van der Waals surface area contributed by atoms with Gasteiger partial charge in [0.15, 0.2) is 0 Å². The van der Waals surface area contributed by atoms with Crippen LogP contribution in [0.1, 0.15) is 21.5 Å². The van der Waals surface area contributed by atoms with Gasteiger partial charge in [-0.15, -0.1) is 0 Å². The number of hydrogen-bond donors (Lipinski definition) is 2. The van der Waals surface area contributed by atoms with Crippen LogP contribution in [0, 0.1) is 6.92 Å². The number of nitrogens with zero attached hydrogens (tertiary/aromatic N) is 2. The van der Waals surface area contributed by atoms with Gasteiger partial charge in [-0.25, -0.2) is 4.98 Å².